The standard InChI is InChI=1S/C26H39NO3/c1-7-8-9-10-18-14-21-23(24(28)22(18)25(29)27-15-16(2)3)19-13-17(4)11-12-20(19)26(5,6)30-21/h13-14,16,19-20,28H,7-12,15H2,1-6H3,(H,27,29)/t19?,20-/m1/s1. The van der Waals surface area contributed by atoms with Crippen LogP contribution in [0.4, 0.5) is 0 Å². The molecular formula is C26H39NO3. The van der Waals surface area contributed by atoms with E-state index in [-0.39, 0.29) is 29.1 Å². The molecular weight excluding hydrogens is 374 g/mol. The van der Waals surface area contributed by atoms with E-state index in [4.69, 9.17) is 4.74 Å². The van der Waals surface area contributed by atoms with E-state index in [1.54, 1.807) is 0 Å². The molecule has 166 valence electrons. The number of ether oxygens (including phenoxy) is 1. The van der Waals surface area contributed by atoms with E-state index in [9.17, 15) is 9.90 Å². The van der Waals surface area contributed by atoms with Gasteiger partial charge in [0.1, 0.15) is 17.1 Å². The molecule has 30 heavy (non-hydrogen) atoms. The highest BCUT2D eigenvalue weighted by atomic mass is 16.5. The fourth-order valence-electron chi connectivity index (χ4n) is 5.01. The van der Waals surface area contributed by atoms with Crippen molar-refractivity contribution in [3.8, 4) is 11.5 Å². The Kier molecular flexibility index (Phi) is 6.84. The fraction of sp³-hybridized carbons (Fsp3) is 0.654. The number of phenols is 1. The number of carbonyl (C=O) groups is 1. The minimum atomic E-state index is -0.302. The van der Waals surface area contributed by atoms with Crippen LogP contribution in [0, 0.1) is 11.8 Å². The summed E-state index contributed by atoms with van der Waals surface area (Å²) in [7, 11) is 0. The van der Waals surface area contributed by atoms with Crippen molar-refractivity contribution in [1.82, 2.24) is 5.32 Å². The van der Waals surface area contributed by atoms with Gasteiger partial charge < -0.3 is 15.2 Å². The van der Waals surface area contributed by atoms with Crippen molar-refractivity contribution in [2.24, 2.45) is 11.8 Å². The minimum absolute atomic E-state index is 0.0823. The van der Waals surface area contributed by atoms with Gasteiger partial charge in [-0.15, -0.1) is 0 Å². The molecule has 0 aromatic heterocycles. The number of amides is 1. The van der Waals surface area contributed by atoms with Crippen molar-refractivity contribution in [2.45, 2.75) is 91.6 Å². The topological polar surface area (TPSA) is 58.6 Å². The van der Waals surface area contributed by atoms with E-state index in [1.165, 1.54) is 5.57 Å². The number of phenolic OH excluding ortho intramolecular Hbond substituents is 1. The molecule has 3 rings (SSSR count). The summed E-state index contributed by atoms with van der Waals surface area (Å²) in [4.78, 5) is 13.1. The molecule has 1 aromatic rings. The molecule has 2 atom stereocenters. The lowest BCUT2D eigenvalue weighted by atomic mass is 9.67. The third kappa shape index (κ3) is 4.53. The van der Waals surface area contributed by atoms with Crippen LogP contribution in [0.2, 0.25) is 0 Å². The summed E-state index contributed by atoms with van der Waals surface area (Å²) >= 11 is 0. The third-order valence-corrected chi connectivity index (χ3v) is 6.68. The molecule has 1 amide bonds. The van der Waals surface area contributed by atoms with Crippen LogP contribution in [-0.4, -0.2) is 23.2 Å². The van der Waals surface area contributed by atoms with Gasteiger partial charge in [0.15, 0.2) is 0 Å². The van der Waals surface area contributed by atoms with Crippen LogP contribution >= 0.6 is 0 Å². The number of allylic oxidation sites excluding steroid dienone is 2. The quantitative estimate of drug-likeness (QED) is 0.418. The van der Waals surface area contributed by atoms with Crippen LogP contribution < -0.4 is 10.1 Å². The average molecular weight is 414 g/mol. The van der Waals surface area contributed by atoms with E-state index in [2.05, 4.69) is 52.9 Å². The number of carbonyl (C=O) groups excluding carboxylic acids is 1. The number of fused-ring (bicyclic) bond motifs is 3. The second kappa shape index (κ2) is 9.03. The highest BCUT2D eigenvalue weighted by Crippen LogP contribution is 2.54. The first-order chi connectivity index (χ1) is 14.2. The Bertz CT molecular complexity index is 822. The number of aryl methyl sites for hydroxylation is 1. The largest absolute Gasteiger partial charge is 0.507 e. The molecule has 4 nitrogen and oxygen atoms in total. The molecule has 0 fully saturated rings. The van der Waals surface area contributed by atoms with Crippen molar-refractivity contribution in [1.29, 1.82) is 0 Å². The maximum absolute atomic E-state index is 13.1. The van der Waals surface area contributed by atoms with E-state index < -0.39 is 0 Å². The maximum atomic E-state index is 13.1. The number of aromatic hydroxyl groups is 1. The van der Waals surface area contributed by atoms with E-state index in [1.807, 2.05) is 6.07 Å². The molecule has 1 aliphatic heterocycles. The van der Waals surface area contributed by atoms with Gasteiger partial charge in [0.2, 0.25) is 0 Å². The zero-order chi connectivity index (χ0) is 22.1. The zero-order valence-electron chi connectivity index (χ0n) is 19.6. The Hall–Kier alpha value is -1.97. The van der Waals surface area contributed by atoms with Gasteiger partial charge in [-0.25, -0.2) is 0 Å². The molecule has 0 spiro atoms. The lowest BCUT2D eigenvalue weighted by Gasteiger charge is -2.46. The van der Waals surface area contributed by atoms with Crippen LogP contribution in [0.3, 0.4) is 0 Å². The lowest BCUT2D eigenvalue weighted by Crippen LogP contribution is -2.45. The SMILES string of the molecule is CCCCCc1cc2c(c(O)c1C(=O)NCC(C)C)C1C=C(C)CC[C@H]1C(C)(C)O2. The van der Waals surface area contributed by atoms with Crippen LogP contribution in [0.1, 0.15) is 101 Å². The molecule has 0 bridgehead atoms. The maximum Gasteiger partial charge on any atom is 0.255 e. The zero-order valence-corrected chi connectivity index (χ0v) is 19.6. The van der Waals surface area contributed by atoms with Crippen LogP contribution in [-0.2, 0) is 6.42 Å². The Morgan fingerprint density at radius 2 is 2.07 bits per heavy atom. The van der Waals surface area contributed by atoms with Gasteiger partial charge in [0.25, 0.3) is 5.91 Å². The molecule has 2 N–H and O–H groups in total. The summed E-state index contributed by atoms with van der Waals surface area (Å²) in [6.07, 6.45) is 8.35. The van der Waals surface area contributed by atoms with Crippen LogP contribution in [0.5, 0.6) is 11.5 Å². The van der Waals surface area contributed by atoms with Crippen molar-refractivity contribution in [3.05, 3.63) is 34.4 Å². The second-order valence-corrected chi connectivity index (χ2v) is 10.1. The normalized spacial score (nSPS) is 22.0. The predicted molar refractivity (Wildman–Crippen MR) is 122 cm³/mol. The average Bonchev–Trinajstić information content (AvgIpc) is 2.65. The summed E-state index contributed by atoms with van der Waals surface area (Å²) in [5.41, 5.74) is 3.18. The summed E-state index contributed by atoms with van der Waals surface area (Å²) in [6.45, 7) is 13.4. The molecule has 0 saturated heterocycles. The number of rotatable bonds is 7. The lowest BCUT2D eigenvalue weighted by molar-refractivity contribution is 0.0107. The Morgan fingerprint density at radius 1 is 1.33 bits per heavy atom. The van der Waals surface area contributed by atoms with Gasteiger partial charge >= 0.3 is 0 Å². The van der Waals surface area contributed by atoms with Gasteiger partial charge in [0, 0.05) is 23.9 Å². The van der Waals surface area contributed by atoms with E-state index >= 15 is 0 Å². The van der Waals surface area contributed by atoms with Crippen molar-refractivity contribution >= 4 is 5.91 Å². The summed E-state index contributed by atoms with van der Waals surface area (Å²) in [5, 5.41) is 14.5. The minimum Gasteiger partial charge on any atom is -0.507 e. The van der Waals surface area contributed by atoms with Gasteiger partial charge in [-0.2, -0.15) is 0 Å². The number of hydrogen-bond acceptors (Lipinski definition) is 3. The van der Waals surface area contributed by atoms with E-state index in [0.717, 1.165) is 55.4 Å². The van der Waals surface area contributed by atoms with Crippen molar-refractivity contribution in [3.63, 3.8) is 0 Å². The molecule has 4 heteroatoms. The van der Waals surface area contributed by atoms with Crippen molar-refractivity contribution in [2.75, 3.05) is 6.54 Å². The van der Waals surface area contributed by atoms with E-state index in [0.29, 0.717) is 18.0 Å². The second-order valence-electron chi connectivity index (χ2n) is 10.1. The summed E-state index contributed by atoms with van der Waals surface area (Å²) in [6, 6.07) is 2.03. The molecule has 1 aliphatic carbocycles. The number of unbranched alkanes of at least 4 members (excludes halogenated alkanes) is 2. The van der Waals surface area contributed by atoms with Gasteiger partial charge in [-0.1, -0.05) is 45.3 Å². The summed E-state index contributed by atoms with van der Waals surface area (Å²) in [5.74, 6) is 1.42. The van der Waals surface area contributed by atoms with Gasteiger partial charge in [-0.3, -0.25) is 4.79 Å². The Labute approximate surface area is 182 Å². The summed E-state index contributed by atoms with van der Waals surface area (Å²) < 4.78 is 6.46. The van der Waals surface area contributed by atoms with Crippen molar-refractivity contribution < 1.29 is 14.6 Å². The molecule has 0 saturated carbocycles. The number of nitrogens with one attached hydrogen (secondary N) is 1. The molecule has 1 unspecified atom stereocenters. The number of benzene rings is 1. The first-order valence-electron chi connectivity index (χ1n) is 11.7. The molecule has 1 heterocycles. The van der Waals surface area contributed by atoms with Gasteiger partial charge in [-0.05, 0) is 64.0 Å². The predicted octanol–water partition coefficient (Wildman–Crippen LogP) is 6.12. The smallest absolute Gasteiger partial charge is 0.255 e. The molecule has 0 radical (unpaired) electrons. The Balaban J connectivity index is 2.11. The molecule has 1 aromatic carbocycles. The number of hydrogen-bond donors (Lipinski definition) is 2. The first-order valence-corrected chi connectivity index (χ1v) is 11.7. The highest BCUT2D eigenvalue weighted by Gasteiger charge is 2.46. The van der Waals surface area contributed by atoms with Gasteiger partial charge in [0.05, 0.1) is 5.56 Å². The first kappa shape index (κ1) is 22.7. The molecule has 2 aliphatic rings. The fourth-order valence-corrected chi connectivity index (χ4v) is 5.01. The third-order valence-electron chi connectivity index (χ3n) is 6.68. The highest BCUT2D eigenvalue weighted by molar-refractivity contribution is 5.99. The van der Waals surface area contributed by atoms with Crippen LogP contribution in [0.15, 0.2) is 17.7 Å². The monoisotopic (exact) mass is 413 g/mol. The van der Waals surface area contributed by atoms with Crippen LogP contribution in [0.25, 0.3) is 0 Å². The Morgan fingerprint density at radius 3 is 2.73 bits per heavy atom.